The molecule has 0 aliphatic rings. The van der Waals surface area contributed by atoms with Crippen LogP contribution in [0.2, 0.25) is 0 Å². The summed E-state index contributed by atoms with van der Waals surface area (Å²) in [4.78, 5) is 90.2. The van der Waals surface area contributed by atoms with Gasteiger partial charge in [0.15, 0.2) is 0 Å². The van der Waals surface area contributed by atoms with Crippen LogP contribution in [0.1, 0.15) is 22.0 Å². The van der Waals surface area contributed by atoms with Crippen LogP contribution in [0.4, 0.5) is 11.4 Å². The van der Waals surface area contributed by atoms with E-state index in [0.29, 0.717) is 0 Å². The van der Waals surface area contributed by atoms with Gasteiger partial charge in [-0.2, -0.15) is 0 Å². The van der Waals surface area contributed by atoms with Gasteiger partial charge >= 0.3 is 5.97 Å². The molecule has 14 heteroatoms. The lowest BCUT2D eigenvalue weighted by Crippen LogP contribution is -2.39. The zero-order valence-corrected chi connectivity index (χ0v) is 17.8. The molecule has 0 aliphatic carbocycles. The Balaban J connectivity index is 2.03. The van der Waals surface area contributed by atoms with Gasteiger partial charge in [-0.1, -0.05) is 0 Å². The number of carbonyl (C=O) groups is 5. The number of aromatic amines is 1. The van der Waals surface area contributed by atoms with Crippen LogP contribution in [0.3, 0.4) is 0 Å². The molecule has 4 N–H and O–H groups in total. The van der Waals surface area contributed by atoms with Gasteiger partial charge in [-0.15, -0.1) is 0 Å². The molecule has 0 spiro atoms. The maximum Gasteiger partial charge on any atom is 0.375 e. The van der Waals surface area contributed by atoms with Gasteiger partial charge in [-0.05, 0) is 30.3 Å². The molecule has 178 valence electrons. The number of nitrogens with one attached hydrogen (secondary N) is 2. The van der Waals surface area contributed by atoms with Crippen LogP contribution in [0.25, 0.3) is 11.0 Å². The number of fused-ring (bicyclic) bond motifs is 1. The number of rotatable bonds is 8. The van der Waals surface area contributed by atoms with E-state index in [0.717, 1.165) is 25.3 Å². The molecule has 1 aromatic heterocycles. The van der Waals surface area contributed by atoms with Crippen molar-refractivity contribution in [1.29, 1.82) is 0 Å². The Morgan fingerprint density at radius 3 is 2.31 bits per heavy atom. The second-order valence-electron chi connectivity index (χ2n) is 6.96. The molecule has 3 rings (SSSR count). The normalized spacial score (nSPS) is 11.3. The Hall–Kier alpha value is -5.27. The number of aromatic nitrogens is 2. The predicted octanol–water partition coefficient (Wildman–Crippen LogP) is -0.0363. The molecule has 2 amide bonds. The Labute approximate surface area is 194 Å². The van der Waals surface area contributed by atoms with E-state index in [1.165, 1.54) is 24.3 Å². The fourth-order valence-corrected chi connectivity index (χ4v) is 3.03. The standard InChI is InChI=1S/C21H15N5O9/c1-35-21(32)17(28)14(16(27)20(31)23-10-4-2-9(3-5-10)18(22)29)15-19(30)25-13-8-11(26(33)34)6-7-12(13)24-15/h2-8,14H,1H3,(H2,22,29)(H,23,31)(H,25,30). The smallest absolute Gasteiger partial charge is 0.375 e. The minimum atomic E-state index is -2.27. The van der Waals surface area contributed by atoms with Crippen LogP contribution in [-0.2, 0) is 23.9 Å². The lowest BCUT2D eigenvalue weighted by Gasteiger charge is -2.13. The van der Waals surface area contributed by atoms with Gasteiger partial charge in [0.1, 0.15) is 11.6 Å². The average Bonchev–Trinajstić information content (AvgIpc) is 2.83. The van der Waals surface area contributed by atoms with Crippen LogP contribution >= 0.6 is 0 Å². The van der Waals surface area contributed by atoms with E-state index in [-0.39, 0.29) is 28.0 Å². The number of Topliss-reactive ketones (excluding diaryl/α,β-unsaturated/α-hetero) is 2. The molecule has 35 heavy (non-hydrogen) atoms. The number of anilines is 1. The number of methoxy groups -OCH3 is 1. The third-order valence-electron chi connectivity index (χ3n) is 4.75. The Kier molecular flexibility index (Phi) is 6.75. The summed E-state index contributed by atoms with van der Waals surface area (Å²) in [6.07, 6.45) is 0. The molecular weight excluding hydrogens is 466 g/mol. The average molecular weight is 481 g/mol. The van der Waals surface area contributed by atoms with Gasteiger partial charge in [0.25, 0.3) is 22.9 Å². The first-order valence-electron chi connectivity index (χ1n) is 9.59. The number of ether oxygens (including phenoxy) is 1. The van der Waals surface area contributed by atoms with Gasteiger partial charge in [-0.3, -0.25) is 34.1 Å². The van der Waals surface area contributed by atoms with E-state index < -0.39 is 51.4 Å². The molecule has 3 aromatic rings. The first-order valence-corrected chi connectivity index (χ1v) is 9.59. The van der Waals surface area contributed by atoms with Crippen molar-refractivity contribution in [1.82, 2.24) is 9.97 Å². The van der Waals surface area contributed by atoms with E-state index in [1.807, 2.05) is 0 Å². The third-order valence-corrected chi connectivity index (χ3v) is 4.75. The highest BCUT2D eigenvalue weighted by Gasteiger charge is 2.40. The number of primary amides is 1. The number of hydrogen-bond acceptors (Lipinski definition) is 10. The molecule has 1 heterocycles. The van der Waals surface area contributed by atoms with Crippen LogP contribution in [-0.4, -0.2) is 51.4 Å². The first kappa shape index (κ1) is 24.4. The second-order valence-corrected chi connectivity index (χ2v) is 6.96. The number of hydrogen-bond donors (Lipinski definition) is 3. The van der Waals surface area contributed by atoms with Crippen molar-refractivity contribution in [3.63, 3.8) is 0 Å². The summed E-state index contributed by atoms with van der Waals surface area (Å²) in [5.74, 6) is -8.91. The largest absolute Gasteiger partial charge is 0.463 e. The highest BCUT2D eigenvalue weighted by atomic mass is 16.6. The predicted molar refractivity (Wildman–Crippen MR) is 117 cm³/mol. The molecule has 2 aromatic carbocycles. The topological polar surface area (TPSA) is 222 Å². The van der Waals surface area contributed by atoms with Gasteiger partial charge in [0, 0.05) is 23.4 Å². The maximum absolute atomic E-state index is 12.9. The summed E-state index contributed by atoms with van der Waals surface area (Å²) < 4.78 is 4.34. The van der Waals surface area contributed by atoms with Gasteiger partial charge < -0.3 is 20.8 Å². The highest BCUT2D eigenvalue weighted by Crippen LogP contribution is 2.21. The summed E-state index contributed by atoms with van der Waals surface area (Å²) in [6.45, 7) is 0. The molecule has 0 bridgehead atoms. The lowest BCUT2D eigenvalue weighted by molar-refractivity contribution is -0.384. The van der Waals surface area contributed by atoms with Crippen LogP contribution in [0.15, 0.2) is 47.3 Å². The van der Waals surface area contributed by atoms with Crippen LogP contribution < -0.4 is 16.6 Å². The maximum atomic E-state index is 12.9. The number of nitrogens with zero attached hydrogens (tertiary/aromatic N) is 2. The second kappa shape index (κ2) is 9.70. The molecule has 14 nitrogen and oxygen atoms in total. The summed E-state index contributed by atoms with van der Waals surface area (Å²) >= 11 is 0. The number of esters is 1. The Bertz CT molecular complexity index is 1460. The highest BCUT2D eigenvalue weighted by molar-refractivity contribution is 6.52. The lowest BCUT2D eigenvalue weighted by atomic mass is 9.94. The third kappa shape index (κ3) is 5.05. The Morgan fingerprint density at radius 1 is 1.09 bits per heavy atom. The number of amides is 2. The van der Waals surface area contributed by atoms with Crippen LogP contribution in [0.5, 0.6) is 0 Å². The number of nitro groups is 1. The molecule has 1 atom stereocenters. The fraction of sp³-hybridized carbons (Fsp3) is 0.0952. The van der Waals surface area contributed by atoms with Crippen molar-refractivity contribution >= 4 is 51.8 Å². The molecule has 0 saturated heterocycles. The Morgan fingerprint density at radius 2 is 1.74 bits per heavy atom. The minimum Gasteiger partial charge on any atom is -0.463 e. The number of ketones is 2. The quantitative estimate of drug-likeness (QED) is 0.128. The summed E-state index contributed by atoms with van der Waals surface area (Å²) in [7, 11) is 0.860. The van der Waals surface area contributed by atoms with Gasteiger partial charge in [-0.25, -0.2) is 9.78 Å². The number of benzene rings is 2. The van der Waals surface area contributed by atoms with Gasteiger partial charge in [0.2, 0.25) is 11.7 Å². The van der Waals surface area contributed by atoms with E-state index in [9.17, 15) is 38.9 Å². The van der Waals surface area contributed by atoms with E-state index in [1.54, 1.807) is 0 Å². The summed E-state index contributed by atoms with van der Waals surface area (Å²) in [5.41, 5.74) is 2.90. The molecular formula is C21H15N5O9. The molecule has 0 radical (unpaired) electrons. The van der Waals surface area contributed by atoms with E-state index in [4.69, 9.17) is 5.73 Å². The van der Waals surface area contributed by atoms with E-state index >= 15 is 0 Å². The van der Waals surface area contributed by atoms with Crippen molar-refractivity contribution in [2.45, 2.75) is 5.92 Å². The number of H-pyrrole nitrogens is 1. The van der Waals surface area contributed by atoms with Crippen molar-refractivity contribution in [2.24, 2.45) is 5.73 Å². The number of non-ortho nitro benzene ring substituents is 1. The SMILES string of the molecule is COC(=O)C(=O)C(C(=O)C(=O)Nc1ccc(C(N)=O)cc1)c1nc2ccc([N+](=O)[O-])cc2[nH]c1=O. The van der Waals surface area contributed by atoms with Crippen molar-refractivity contribution in [2.75, 3.05) is 12.4 Å². The van der Waals surface area contributed by atoms with E-state index in [2.05, 4.69) is 20.0 Å². The van der Waals surface area contributed by atoms with Crippen molar-refractivity contribution in [3.05, 3.63) is 74.2 Å². The number of carbonyl (C=O) groups excluding carboxylic acids is 5. The van der Waals surface area contributed by atoms with Crippen LogP contribution in [0, 0.1) is 10.1 Å². The molecule has 1 unspecified atom stereocenters. The monoisotopic (exact) mass is 481 g/mol. The number of nitro benzene ring substituents is 1. The number of nitrogens with two attached hydrogens (primary N) is 1. The van der Waals surface area contributed by atoms with Crippen molar-refractivity contribution < 1.29 is 33.6 Å². The zero-order valence-electron chi connectivity index (χ0n) is 17.8. The molecule has 0 fully saturated rings. The first-order chi connectivity index (χ1) is 16.5. The van der Waals surface area contributed by atoms with Gasteiger partial charge in [0.05, 0.1) is 23.1 Å². The molecule has 0 aliphatic heterocycles. The molecule has 0 saturated carbocycles. The minimum absolute atomic E-state index is 0.0466. The fourth-order valence-electron chi connectivity index (χ4n) is 3.03. The summed E-state index contributed by atoms with van der Waals surface area (Å²) in [6, 6.07) is 8.29. The zero-order chi connectivity index (χ0) is 25.9. The van der Waals surface area contributed by atoms with Crippen molar-refractivity contribution in [3.8, 4) is 0 Å². The summed E-state index contributed by atoms with van der Waals surface area (Å²) in [5, 5.41) is 13.1.